The molecule has 1 heterocycles. The molecule has 0 saturated carbocycles. The predicted octanol–water partition coefficient (Wildman–Crippen LogP) is 4.67. The fourth-order valence-electron chi connectivity index (χ4n) is 4.18. The first-order chi connectivity index (χ1) is 20.9. The molecule has 3 aromatic rings. The van der Waals surface area contributed by atoms with E-state index in [1.165, 1.54) is 12.0 Å². The van der Waals surface area contributed by atoms with Gasteiger partial charge in [0.2, 0.25) is 6.10 Å². The smallest absolute Gasteiger partial charge is 0.410 e. The number of hydrogen-bond acceptors (Lipinski definition) is 10. The Morgan fingerprint density at radius 2 is 1.77 bits per heavy atom. The van der Waals surface area contributed by atoms with E-state index in [-0.39, 0.29) is 32.7 Å². The molecule has 1 atom stereocenters. The van der Waals surface area contributed by atoms with Crippen LogP contribution in [-0.2, 0) is 43.4 Å². The third-order valence-corrected chi connectivity index (χ3v) is 6.14. The number of rotatable bonds is 14. The van der Waals surface area contributed by atoms with Crippen LogP contribution in [0.1, 0.15) is 44.5 Å². The van der Waals surface area contributed by atoms with Crippen molar-refractivity contribution in [2.75, 3.05) is 27.4 Å². The monoisotopic (exact) mass is 609 g/mol. The third kappa shape index (κ3) is 10.2. The first-order valence-electron chi connectivity index (χ1n) is 14.0. The highest BCUT2D eigenvalue weighted by atomic mass is 16.6. The minimum atomic E-state index is -1.45. The number of ether oxygens (including phenoxy) is 5. The van der Waals surface area contributed by atoms with Gasteiger partial charge in [-0.05, 0) is 56.2 Å². The van der Waals surface area contributed by atoms with Crippen molar-refractivity contribution in [3.05, 3.63) is 71.5 Å². The second kappa shape index (κ2) is 15.7. The van der Waals surface area contributed by atoms with Gasteiger partial charge in [0.25, 0.3) is 0 Å². The van der Waals surface area contributed by atoms with E-state index in [2.05, 4.69) is 9.97 Å². The molecule has 0 aliphatic carbocycles. The Labute approximate surface area is 256 Å². The summed E-state index contributed by atoms with van der Waals surface area (Å²) in [4.78, 5) is 46.9. The molecule has 12 nitrogen and oxygen atoms in total. The number of carboxylic acid groups (broad SMARTS) is 1. The van der Waals surface area contributed by atoms with Crippen LogP contribution >= 0.6 is 0 Å². The number of nitrogens with zero attached hydrogens (tertiary/aromatic N) is 3. The standard InChI is InChI=1S/C32H39N3O9/c1-21(36)43-28(30(37)38)18-23-17-22(19-35(15-16-40-5)31(39)44-32(2,3)4)11-12-26(23)42-20-24-13-14-33-29(34-24)25-9-7-8-10-27(25)41-6/h7-14,17,28H,15-16,18-20H2,1-6H3,(H,37,38)/t28-/m1/s1. The van der Waals surface area contributed by atoms with Crippen molar-refractivity contribution in [2.24, 2.45) is 0 Å². The molecule has 0 spiro atoms. The van der Waals surface area contributed by atoms with Gasteiger partial charge < -0.3 is 33.7 Å². The molecule has 3 rings (SSSR count). The van der Waals surface area contributed by atoms with Gasteiger partial charge in [-0.2, -0.15) is 0 Å². The molecule has 1 amide bonds. The number of methoxy groups -OCH3 is 2. The minimum Gasteiger partial charge on any atom is -0.496 e. The average molecular weight is 610 g/mol. The quantitative estimate of drug-likeness (QED) is 0.254. The molecule has 2 aromatic carbocycles. The highest BCUT2D eigenvalue weighted by molar-refractivity contribution is 5.77. The first-order valence-corrected chi connectivity index (χ1v) is 14.0. The van der Waals surface area contributed by atoms with Crippen LogP contribution in [0.5, 0.6) is 11.5 Å². The molecule has 44 heavy (non-hydrogen) atoms. The molecule has 1 N–H and O–H groups in total. The molecule has 0 saturated heterocycles. The molecule has 0 fully saturated rings. The lowest BCUT2D eigenvalue weighted by Crippen LogP contribution is -2.38. The number of aromatic nitrogens is 2. The van der Waals surface area contributed by atoms with Crippen LogP contribution in [0.4, 0.5) is 4.79 Å². The van der Waals surface area contributed by atoms with Crippen LogP contribution in [0.3, 0.4) is 0 Å². The molecular weight excluding hydrogens is 570 g/mol. The summed E-state index contributed by atoms with van der Waals surface area (Å²) in [6.07, 6.45) is -0.519. The summed E-state index contributed by atoms with van der Waals surface area (Å²) >= 11 is 0. The summed E-state index contributed by atoms with van der Waals surface area (Å²) in [6.45, 7) is 7.24. The lowest BCUT2D eigenvalue weighted by Gasteiger charge is -2.27. The molecule has 0 radical (unpaired) electrons. The fraction of sp³-hybridized carbons (Fsp3) is 0.406. The predicted molar refractivity (Wildman–Crippen MR) is 160 cm³/mol. The van der Waals surface area contributed by atoms with E-state index < -0.39 is 29.7 Å². The van der Waals surface area contributed by atoms with Crippen LogP contribution in [0.15, 0.2) is 54.7 Å². The zero-order valence-corrected chi connectivity index (χ0v) is 25.9. The lowest BCUT2D eigenvalue weighted by molar-refractivity contribution is -0.162. The van der Waals surface area contributed by atoms with Gasteiger partial charge in [-0.15, -0.1) is 0 Å². The summed E-state index contributed by atoms with van der Waals surface area (Å²) in [7, 11) is 3.11. The topological polar surface area (TPSA) is 147 Å². The molecular formula is C32H39N3O9. The zero-order chi connectivity index (χ0) is 32.3. The van der Waals surface area contributed by atoms with E-state index in [4.69, 9.17) is 23.7 Å². The number of carbonyl (C=O) groups is 3. The van der Waals surface area contributed by atoms with Crippen LogP contribution in [-0.4, -0.2) is 77.1 Å². The van der Waals surface area contributed by atoms with E-state index in [1.54, 1.807) is 58.3 Å². The summed E-state index contributed by atoms with van der Waals surface area (Å²) in [5.41, 5.74) is 1.74. The number of amides is 1. The Bertz CT molecular complexity index is 1440. The van der Waals surface area contributed by atoms with Crippen LogP contribution < -0.4 is 9.47 Å². The maximum absolute atomic E-state index is 12.9. The number of carbonyl (C=O) groups excluding carboxylic acids is 2. The van der Waals surface area contributed by atoms with E-state index in [0.717, 1.165) is 12.5 Å². The van der Waals surface area contributed by atoms with Gasteiger partial charge in [-0.1, -0.05) is 24.3 Å². The van der Waals surface area contributed by atoms with Crippen molar-refractivity contribution >= 4 is 18.0 Å². The molecule has 0 unspecified atom stereocenters. The number of esters is 1. The van der Waals surface area contributed by atoms with Crippen LogP contribution in [0.2, 0.25) is 0 Å². The largest absolute Gasteiger partial charge is 0.496 e. The molecule has 0 aliphatic rings. The second-order valence-corrected chi connectivity index (χ2v) is 10.8. The molecule has 12 heteroatoms. The van der Waals surface area contributed by atoms with Crippen molar-refractivity contribution in [3.63, 3.8) is 0 Å². The summed E-state index contributed by atoms with van der Waals surface area (Å²) in [5, 5.41) is 9.73. The van der Waals surface area contributed by atoms with E-state index in [9.17, 15) is 19.5 Å². The molecule has 0 bridgehead atoms. The maximum atomic E-state index is 12.9. The maximum Gasteiger partial charge on any atom is 0.410 e. The van der Waals surface area contributed by atoms with Gasteiger partial charge in [0, 0.05) is 39.7 Å². The van der Waals surface area contributed by atoms with Gasteiger partial charge >= 0.3 is 18.0 Å². The van der Waals surface area contributed by atoms with Crippen LogP contribution in [0, 0.1) is 0 Å². The summed E-state index contributed by atoms with van der Waals surface area (Å²) in [6, 6.07) is 14.3. The normalized spacial score (nSPS) is 11.8. The molecule has 1 aromatic heterocycles. The highest BCUT2D eigenvalue weighted by Gasteiger charge is 2.25. The number of para-hydroxylation sites is 1. The van der Waals surface area contributed by atoms with Gasteiger partial charge in [0.05, 0.1) is 25.0 Å². The van der Waals surface area contributed by atoms with E-state index >= 15 is 0 Å². The van der Waals surface area contributed by atoms with E-state index in [0.29, 0.717) is 34.1 Å². The summed E-state index contributed by atoms with van der Waals surface area (Å²) in [5.74, 6) is -0.580. The Morgan fingerprint density at radius 3 is 2.43 bits per heavy atom. The van der Waals surface area contributed by atoms with E-state index in [1.807, 2.05) is 24.3 Å². The van der Waals surface area contributed by atoms with Gasteiger partial charge in [0.1, 0.15) is 23.7 Å². The van der Waals surface area contributed by atoms with Crippen molar-refractivity contribution < 1.29 is 43.2 Å². The molecule has 236 valence electrons. The van der Waals surface area contributed by atoms with Crippen LogP contribution in [0.25, 0.3) is 11.4 Å². The van der Waals surface area contributed by atoms with Gasteiger partial charge in [0.15, 0.2) is 5.82 Å². The number of aliphatic carboxylic acids is 1. The zero-order valence-electron chi connectivity index (χ0n) is 25.9. The second-order valence-electron chi connectivity index (χ2n) is 10.8. The Balaban J connectivity index is 1.91. The minimum absolute atomic E-state index is 0.0419. The number of benzene rings is 2. The Hall–Kier alpha value is -4.71. The van der Waals surface area contributed by atoms with Crippen molar-refractivity contribution in [1.82, 2.24) is 14.9 Å². The first kappa shape index (κ1) is 33.8. The third-order valence-electron chi connectivity index (χ3n) is 6.14. The van der Waals surface area contributed by atoms with Gasteiger partial charge in [-0.3, -0.25) is 4.79 Å². The fourth-order valence-corrected chi connectivity index (χ4v) is 4.18. The highest BCUT2D eigenvalue weighted by Crippen LogP contribution is 2.28. The van der Waals surface area contributed by atoms with Crippen molar-refractivity contribution in [3.8, 4) is 22.9 Å². The number of carboxylic acids is 1. The van der Waals surface area contributed by atoms with Crippen molar-refractivity contribution in [2.45, 2.75) is 59.0 Å². The Kier molecular flexibility index (Phi) is 12.0. The lowest BCUT2D eigenvalue weighted by atomic mass is 10.0. The van der Waals surface area contributed by atoms with Gasteiger partial charge in [-0.25, -0.2) is 19.6 Å². The SMILES string of the molecule is COCCN(Cc1ccc(OCc2ccnc(-c3ccccc3OC)n2)c(C[C@@H](OC(C)=O)C(=O)O)c1)C(=O)OC(C)(C)C. The Morgan fingerprint density at radius 1 is 1.02 bits per heavy atom. The average Bonchev–Trinajstić information content (AvgIpc) is 2.97. The molecule has 0 aliphatic heterocycles. The summed E-state index contributed by atoms with van der Waals surface area (Å²) < 4.78 is 27.3. The van der Waals surface area contributed by atoms with Crippen molar-refractivity contribution in [1.29, 1.82) is 0 Å². The number of hydrogen-bond donors (Lipinski definition) is 1.